The number of ether oxygens (including phenoxy) is 1. The molecule has 2 aromatic carbocycles. The Morgan fingerprint density at radius 3 is 2.42 bits per heavy atom. The monoisotopic (exact) mass is 439 g/mol. The van der Waals surface area contributed by atoms with Crippen LogP contribution in [0.3, 0.4) is 0 Å². The fourth-order valence-corrected chi connectivity index (χ4v) is 3.73. The highest BCUT2D eigenvalue weighted by atomic mass is 35.5. The minimum absolute atomic E-state index is 0.0846. The molecule has 0 unspecified atom stereocenters. The van der Waals surface area contributed by atoms with Crippen molar-refractivity contribution in [2.45, 2.75) is 33.2 Å². The van der Waals surface area contributed by atoms with Crippen LogP contribution in [0.1, 0.15) is 39.3 Å². The SMILES string of the molecule is COC(=O)CCc1c(C)nn(-c2ccc(C(=O)N(C)Cc3ccccc3Cl)cc2)c1C. The topological polar surface area (TPSA) is 64.4 Å². The number of carbonyl (C=O) groups is 2. The van der Waals surface area contributed by atoms with Crippen LogP contribution in [0.4, 0.5) is 0 Å². The maximum absolute atomic E-state index is 12.8. The Bertz CT molecular complexity index is 1090. The molecular weight excluding hydrogens is 414 g/mol. The summed E-state index contributed by atoms with van der Waals surface area (Å²) in [6.07, 6.45) is 0.892. The number of nitrogens with zero attached hydrogens (tertiary/aromatic N) is 3. The van der Waals surface area contributed by atoms with Gasteiger partial charge in [0.15, 0.2) is 0 Å². The summed E-state index contributed by atoms with van der Waals surface area (Å²) in [6.45, 7) is 4.34. The summed E-state index contributed by atoms with van der Waals surface area (Å²) < 4.78 is 6.57. The second-order valence-electron chi connectivity index (χ2n) is 7.44. The quantitative estimate of drug-likeness (QED) is 0.508. The lowest BCUT2D eigenvalue weighted by molar-refractivity contribution is -0.140. The third-order valence-corrected chi connectivity index (χ3v) is 5.69. The fraction of sp³-hybridized carbons (Fsp3) is 0.292. The van der Waals surface area contributed by atoms with Gasteiger partial charge >= 0.3 is 5.97 Å². The van der Waals surface area contributed by atoms with E-state index in [-0.39, 0.29) is 11.9 Å². The van der Waals surface area contributed by atoms with Gasteiger partial charge in [-0.05, 0) is 61.7 Å². The molecule has 1 aromatic heterocycles. The predicted molar refractivity (Wildman–Crippen MR) is 121 cm³/mol. The van der Waals surface area contributed by atoms with E-state index in [9.17, 15) is 9.59 Å². The van der Waals surface area contributed by atoms with Gasteiger partial charge in [-0.1, -0.05) is 29.8 Å². The van der Waals surface area contributed by atoms with Crippen molar-refractivity contribution in [3.63, 3.8) is 0 Å². The summed E-state index contributed by atoms with van der Waals surface area (Å²) in [5, 5.41) is 5.26. The molecule has 162 valence electrons. The average Bonchev–Trinajstić information content (AvgIpc) is 3.06. The summed E-state index contributed by atoms with van der Waals surface area (Å²) in [4.78, 5) is 26.0. The van der Waals surface area contributed by atoms with Crippen LogP contribution in [0.25, 0.3) is 5.69 Å². The standard InChI is InChI=1S/C24H26ClN3O3/c1-16-21(13-14-23(29)31-4)17(2)28(26-16)20-11-9-18(10-12-20)24(30)27(3)15-19-7-5-6-8-22(19)25/h5-12H,13-15H2,1-4H3. The van der Waals surface area contributed by atoms with Crippen molar-refractivity contribution in [2.75, 3.05) is 14.2 Å². The van der Waals surface area contributed by atoms with Crippen LogP contribution in [0, 0.1) is 13.8 Å². The van der Waals surface area contributed by atoms with Crippen molar-refractivity contribution in [3.05, 3.63) is 81.6 Å². The number of amides is 1. The average molecular weight is 440 g/mol. The van der Waals surface area contributed by atoms with E-state index in [0.29, 0.717) is 30.0 Å². The van der Waals surface area contributed by atoms with Gasteiger partial charge < -0.3 is 9.64 Å². The highest BCUT2D eigenvalue weighted by molar-refractivity contribution is 6.31. The maximum atomic E-state index is 12.8. The molecule has 1 heterocycles. The Kier molecular flexibility index (Phi) is 7.13. The Labute approximate surface area is 187 Å². The molecular formula is C24H26ClN3O3. The first-order valence-corrected chi connectivity index (χ1v) is 10.4. The lowest BCUT2D eigenvalue weighted by atomic mass is 10.1. The first-order chi connectivity index (χ1) is 14.8. The van der Waals surface area contributed by atoms with Crippen LogP contribution in [0.2, 0.25) is 5.02 Å². The molecule has 0 bridgehead atoms. The number of benzene rings is 2. The first kappa shape index (κ1) is 22.6. The Morgan fingerprint density at radius 1 is 1.10 bits per heavy atom. The number of hydrogen-bond acceptors (Lipinski definition) is 4. The molecule has 3 aromatic rings. The van der Waals surface area contributed by atoms with E-state index in [1.54, 1.807) is 24.1 Å². The molecule has 0 spiro atoms. The number of methoxy groups -OCH3 is 1. The highest BCUT2D eigenvalue weighted by Gasteiger charge is 2.16. The Morgan fingerprint density at radius 2 is 1.77 bits per heavy atom. The van der Waals surface area contributed by atoms with Crippen LogP contribution in [0.15, 0.2) is 48.5 Å². The predicted octanol–water partition coefficient (Wildman–Crippen LogP) is 4.52. The molecule has 3 rings (SSSR count). The molecule has 7 heteroatoms. The molecule has 0 saturated carbocycles. The van der Waals surface area contributed by atoms with Crippen molar-refractivity contribution in [3.8, 4) is 5.69 Å². The fourth-order valence-electron chi connectivity index (χ4n) is 3.54. The Hall–Kier alpha value is -3.12. The van der Waals surface area contributed by atoms with Gasteiger partial charge in [-0.2, -0.15) is 5.10 Å². The number of rotatable bonds is 7. The van der Waals surface area contributed by atoms with Crippen LogP contribution in [0.5, 0.6) is 0 Å². The van der Waals surface area contributed by atoms with E-state index in [1.165, 1.54) is 7.11 Å². The van der Waals surface area contributed by atoms with E-state index in [1.807, 2.05) is 54.9 Å². The number of carbonyl (C=O) groups excluding carboxylic acids is 2. The summed E-state index contributed by atoms with van der Waals surface area (Å²) in [5.41, 5.74) is 5.22. The van der Waals surface area contributed by atoms with Crippen LogP contribution < -0.4 is 0 Å². The summed E-state index contributed by atoms with van der Waals surface area (Å²) in [7, 11) is 3.15. The molecule has 0 fully saturated rings. The molecule has 1 amide bonds. The third kappa shape index (κ3) is 5.14. The summed E-state index contributed by atoms with van der Waals surface area (Å²) in [6, 6.07) is 14.8. The molecule has 6 nitrogen and oxygen atoms in total. The van der Waals surface area contributed by atoms with Crippen LogP contribution in [-0.2, 0) is 22.5 Å². The summed E-state index contributed by atoms with van der Waals surface area (Å²) in [5.74, 6) is -0.325. The third-order valence-electron chi connectivity index (χ3n) is 5.32. The molecule has 0 atom stereocenters. The van der Waals surface area contributed by atoms with Crippen molar-refractivity contribution in [1.29, 1.82) is 0 Å². The normalized spacial score (nSPS) is 10.7. The lowest BCUT2D eigenvalue weighted by Gasteiger charge is -2.18. The van der Waals surface area contributed by atoms with E-state index >= 15 is 0 Å². The van der Waals surface area contributed by atoms with Gasteiger partial charge in [-0.25, -0.2) is 4.68 Å². The molecule has 31 heavy (non-hydrogen) atoms. The van der Waals surface area contributed by atoms with E-state index in [0.717, 1.165) is 28.2 Å². The zero-order valence-corrected chi connectivity index (χ0v) is 18.9. The van der Waals surface area contributed by atoms with Gasteiger partial charge in [-0.3, -0.25) is 9.59 Å². The summed E-state index contributed by atoms with van der Waals surface area (Å²) >= 11 is 6.21. The Balaban J connectivity index is 1.75. The van der Waals surface area contributed by atoms with Crippen molar-refractivity contribution < 1.29 is 14.3 Å². The van der Waals surface area contributed by atoms with Gasteiger partial charge in [0, 0.05) is 36.3 Å². The number of halogens is 1. The molecule has 0 N–H and O–H groups in total. The number of esters is 1. The van der Waals surface area contributed by atoms with E-state index in [4.69, 9.17) is 16.3 Å². The second-order valence-corrected chi connectivity index (χ2v) is 7.84. The van der Waals surface area contributed by atoms with Gasteiger partial charge in [-0.15, -0.1) is 0 Å². The number of aryl methyl sites for hydroxylation is 1. The van der Waals surface area contributed by atoms with Gasteiger partial charge in [0.25, 0.3) is 5.91 Å². The first-order valence-electron chi connectivity index (χ1n) is 10.0. The van der Waals surface area contributed by atoms with Crippen LogP contribution >= 0.6 is 11.6 Å². The van der Waals surface area contributed by atoms with Gasteiger partial charge in [0.2, 0.25) is 0 Å². The zero-order valence-electron chi connectivity index (χ0n) is 18.2. The molecule has 0 radical (unpaired) electrons. The number of hydrogen-bond donors (Lipinski definition) is 0. The maximum Gasteiger partial charge on any atom is 0.305 e. The van der Waals surface area contributed by atoms with Gasteiger partial charge in [0.05, 0.1) is 18.5 Å². The van der Waals surface area contributed by atoms with Crippen molar-refractivity contribution in [2.24, 2.45) is 0 Å². The molecule has 0 aliphatic rings. The van der Waals surface area contributed by atoms with Crippen molar-refractivity contribution in [1.82, 2.24) is 14.7 Å². The van der Waals surface area contributed by atoms with Gasteiger partial charge in [0.1, 0.15) is 0 Å². The number of aromatic nitrogens is 2. The van der Waals surface area contributed by atoms with Crippen LogP contribution in [-0.4, -0.2) is 40.7 Å². The minimum Gasteiger partial charge on any atom is -0.469 e. The smallest absolute Gasteiger partial charge is 0.305 e. The minimum atomic E-state index is -0.240. The van der Waals surface area contributed by atoms with E-state index in [2.05, 4.69) is 5.10 Å². The highest BCUT2D eigenvalue weighted by Crippen LogP contribution is 2.21. The molecule has 0 aliphatic heterocycles. The van der Waals surface area contributed by atoms with E-state index < -0.39 is 0 Å². The second kappa shape index (κ2) is 9.79. The lowest BCUT2D eigenvalue weighted by Crippen LogP contribution is -2.26. The molecule has 0 saturated heterocycles. The van der Waals surface area contributed by atoms with Crippen molar-refractivity contribution >= 4 is 23.5 Å². The molecule has 0 aliphatic carbocycles. The largest absolute Gasteiger partial charge is 0.469 e. The zero-order chi connectivity index (χ0) is 22.5.